The van der Waals surface area contributed by atoms with Gasteiger partial charge in [0, 0.05) is 11.6 Å². The Morgan fingerprint density at radius 1 is 1.35 bits per heavy atom. The Kier molecular flexibility index (Phi) is 4.23. The zero-order valence-electron chi connectivity index (χ0n) is 13.1. The topological polar surface area (TPSA) is 47.9 Å². The van der Waals surface area contributed by atoms with Gasteiger partial charge in [0.05, 0.1) is 5.56 Å². The first kappa shape index (κ1) is 16.5. The molecule has 0 radical (unpaired) electrons. The monoisotopic (exact) mass is 343 g/mol. The third-order valence-electron chi connectivity index (χ3n) is 5.27. The van der Waals surface area contributed by atoms with Crippen molar-refractivity contribution in [1.82, 2.24) is 10.2 Å². The molecule has 3 saturated heterocycles. The maximum atomic E-state index is 14.2. The molecule has 3 aliphatic heterocycles. The van der Waals surface area contributed by atoms with Crippen LogP contribution in [0.25, 0.3) is 0 Å². The number of benzene rings is 1. The van der Waals surface area contributed by atoms with Crippen molar-refractivity contribution in [3.63, 3.8) is 0 Å². The molecule has 0 unspecified atom stereocenters. The summed E-state index contributed by atoms with van der Waals surface area (Å²) >= 11 is 5.62. The zero-order chi connectivity index (χ0) is 16.8. The van der Waals surface area contributed by atoms with E-state index in [1.807, 2.05) is 0 Å². The minimum atomic E-state index is -0.925. The zero-order valence-corrected chi connectivity index (χ0v) is 13.9. The molecule has 0 amide bonds. The fraction of sp³-hybridized carbons (Fsp3) is 0.562. The minimum absolute atomic E-state index is 0.0131. The first-order chi connectivity index (χ1) is 10.9. The lowest BCUT2D eigenvalue weighted by Gasteiger charge is -2.56. The first-order valence-electron chi connectivity index (χ1n) is 7.73. The molecule has 0 saturated carbocycles. The summed E-state index contributed by atoms with van der Waals surface area (Å²) in [6.07, 6.45) is 2.10. The number of hydrogen-bond acceptors (Lipinski definition) is 3. The highest BCUT2D eigenvalue weighted by atomic mass is 35.5. The van der Waals surface area contributed by atoms with Gasteiger partial charge in [-0.1, -0.05) is 16.8 Å². The van der Waals surface area contributed by atoms with Gasteiger partial charge in [-0.25, -0.2) is 8.78 Å². The van der Waals surface area contributed by atoms with Crippen LogP contribution in [0.1, 0.15) is 32.3 Å². The van der Waals surface area contributed by atoms with Gasteiger partial charge in [-0.2, -0.15) is 0 Å². The van der Waals surface area contributed by atoms with Gasteiger partial charge in [0.2, 0.25) is 0 Å². The van der Waals surface area contributed by atoms with Crippen LogP contribution in [0, 0.1) is 17.6 Å². The van der Waals surface area contributed by atoms with Crippen molar-refractivity contribution in [1.29, 1.82) is 0 Å². The van der Waals surface area contributed by atoms with E-state index in [9.17, 15) is 14.0 Å². The van der Waals surface area contributed by atoms with Crippen molar-refractivity contribution in [2.24, 2.45) is 11.1 Å². The third-order valence-corrected chi connectivity index (χ3v) is 5.62. The van der Waals surface area contributed by atoms with Crippen LogP contribution in [-0.4, -0.2) is 40.6 Å². The molecule has 7 heteroatoms. The smallest absolute Gasteiger partial charge is 0.175 e. The van der Waals surface area contributed by atoms with E-state index in [1.165, 1.54) is 6.07 Å². The molecule has 1 aromatic carbocycles. The predicted molar refractivity (Wildman–Crippen MR) is 85.0 cm³/mol. The quantitative estimate of drug-likeness (QED) is 0.285. The summed E-state index contributed by atoms with van der Waals surface area (Å²) in [6, 6.07) is 2.31. The number of amidine groups is 1. The van der Waals surface area contributed by atoms with Gasteiger partial charge in [-0.15, -0.1) is 0 Å². The van der Waals surface area contributed by atoms with E-state index in [2.05, 4.69) is 29.2 Å². The van der Waals surface area contributed by atoms with Crippen molar-refractivity contribution in [3.05, 3.63) is 34.4 Å². The number of nitrogens with zero attached hydrogens (tertiary/aromatic N) is 2. The molecule has 0 aromatic heterocycles. The van der Waals surface area contributed by atoms with E-state index in [0.29, 0.717) is 5.92 Å². The summed E-state index contributed by atoms with van der Waals surface area (Å²) < 4.78 is 27.5. The third kappa shape index (κ3) is 2.68. The van der Waals surface area contributed by atoms with Crippen molar-refractivity contribution < 1.29 is 14.0 Å². The van der Waals surface area contributed by atoms with Crippen LogP contribution < -0.4 is 5.32 Å². The average Bonchev–Trinajstić information content (AvgIpc) is 2.54. The summed E-state index contributed by atoms with van der Waals surface area (Å²) in [5.74, 6) is -1.36. The fourth-order valence-corrected chi connectivity index (χ4v) is 4.06. The van der Waals surface area contributed by atoms with E-state index in [0.717, 1.165) is 32.0 Å². The van der Waals surface area contributed by atoms with Crippen LogP contribution in [0.2, 0.25) is 5.02 Å². The predicted octanol–water partition coefficient (Wildman–Crippen LogP) is 3.22. The summed E-state index contributed by atoms with van der Waals surface area (Å²) in [5, 5.41) is 15.1. The number of piperidine rings is 3. The van der Waals surface area contributed by atoms with Gasteiger partial charge in [-0.05, 0) is 57.8 Å². The van der Waals surface area contributed by atoms with Crippen LogP contribution in [0.5, 0.6) is 0 Å². The molecule has 4 nitrogen and oxygen atoms in total. The fourth-order valence-electron chi connectivity index (χ4n) is 3.89. The van der Waals surface area contributed by atoms with Crippen molar-refractivity contribution in [3.8, 4) is 0 Å². The number of hydrogen-bond donors (Lipinski definition) is 2. The lowest BCUT2D eigenvalue weighted by atomic mass is 9.72. The molecule has 0 spiro atoms. The second-order valence-electron chi connectivity index (χ2n) is 6.77. The lowest BCUT2D eigenvalue weighted by molar-refractivity contribution is -0.0339. The maximum absolute atomic E-state index is 14.2. The number of halogens is 3. The van der Waals surface area contributed by atoms with Crippen molar-refractivity contribution >= 4 is 17.4 Å². The number of nitrogens with one attached hydrogen (secondary N) is 1. The molecule has 3 heterocycles. The molecule has 2 N–H and O–H groups in total. The molecule has 3 fully saturated rings. The number of fused-ring (bicyclic) bond motifs is 3. The Balaban J connectivity index is 1.90. The van der Waals surface area contributed by atoms with Crippen LogP contribution in [0.15, 0.2) is 17.3 Å². The Labute approximate surface area is 139 Å². The Hall–Kier alpha value is -1.40. The molecule has 3 aliphatic rings. The SMILES string of the molecule is CC1(C)[C@H](N/C(=N/O)c2ccc(F)c(Cl)c2F)C2CCN1CC2. The van der Waals surface area contributed by atoms with Crippen LogP contribution in [0.3, 0.4) is 0 Å². The molecule has 0 aliphatic carbocycles. The largest absolute Gasteiger partial charge is 0.409 e. The normalized spacial score (nSPS) is 29.6. The highest BCUT2D eigenvalue weighted by Gasteiger charge is 2.48. The van der Waals surface area contributed by atoms with Crippen molar-refractivity contribution in [2.75, 3.05) is 13.1 Å². The van der Waals surface area contributed by atoms with Crippen LogP contribution in [0.4, 0.5) is 8.78 Å². The molecule has 23 heavy (non-hydrogen) atoms. The summed E-state index contributed by atoms with van der Waals surface area (Å²) in [5.41, 5.74) is -0.177. The number of rotatable bonds is 2. The van der Waals surface area contributed by atoms with Crippen LogP contribution in [-0.2, 0) is 0 Å². The van der Waals surface area contributed by atoms with E-state index < -0.39 is 16.7 Å². The van der Waals surface area contributed by atoms with Gasteiger partial charge in [0.15, 0.2) is 11.7 Å². The minimum Gasteiger partial charge on any atom is -0.409 e. The van der Waals surface area contributed by atoms with E-state index in [-0.39, 0.29) is 23.0 Å². The molecular formula is C16H20ClF2N3O. The van der Waals surface area contributed by atoms with E-state index in [4.69, 9.17) is 11.6 Å². The maximum Gasteiger partial charge on any atom is 0.175 e. The van der Waals surface area contributed by atoms with Crippen molar-refractivity contribution in [2.45, 2.75) is 38.3 Å². The van der Waals surface area contributed by atoms with E-state index >= 15 is 0 Å². The number of oxime groups is 1. The molecule has 2 bridgehead atoms. The Morgan fingerprint density at radius 3 is 2.57 bits per heavy atom. The summed E-state index contributed by atoms with van der Waals surface area (Å²) in [4.78, 5) is 2.38. The summed E-state index contributed by atoms with van der Waals surface area (Å²) in [6.45, 7) is 6.33. The highest BCUT2D eigenvalue weighted by Crippen LogP contribution is 2.39. The van der Waals surface area contributed by atoms with E-state index in [1.54, 1.807) is 0 Å². The second kappa shape index (κ2) is 5.91. The van der Waals surface area contributed by atoms with Crippen LogP contribution >= 0.6 is 11.6 Å². The Bertz CT molecular complexity index is 642. The lowest BCUT2D eigenvalue weighted by Crippen LogP contribution is -2.69. The summed E-state index contributed by atoms with van der Waals surface area (Å²) in [7, 11) is 0. The molecule has 4 rings (SSSR count). The van der Waals surface area contributed by atoms with Gasteiger partial charge < -0.3 is 10.5 Å². The molecule has 1 atom stereocenters. The molecular weight excluding hydrogens is 324 g/mol. The Morgan fingerprint density at radius 2 is 2.00 bits per heavy atom. The first-order valence-corrected chi connectivity index (χ1v) is 8.11. The molecule has 1 aromatic rings. The second-order valence-corrected chi connectivity index (χ2v) is 7.15. The average molecular weight is 344 g/mol. The molecule has 126 valence electrons. The van der Waals surface area contributed by atoms with Gasteiger partial charge in [-0.3, -0.25) is 4.90 Å². The highest BCUT2D eigenvalue weighted by molar-refractivity contribution is 6.31. The van der Waals surface area contributed by atoms with Gasteiger partial charge >= 0.3 is 0 Å². The van der Waals surface area contributed by atoms with Gasteiger partial charge in [0.1, 0.15) is 10.8 Å². The standard InChI is InChI=1S/C16H20ClF2N3O/c1-16(2)14(9-5-7-22(16)8-6-9)20-15(21-23)10-3-4-11(18)12(17)13(10)19/h3-4,9,14,23H,5-8H2,1-2H3,(H,20,21)/t14-/m1/s1. The van der Waals surface area contributed by atoms with Gasteiger partial charge in [0.25, 0.3) is 0 Å².